The molecule has 0 heterocycles. The lowest BCUT2D eigenvalue weighted by Gasteiger charge is -2.05. The molecule has 92 valence electrons. The number of carboxylic acid groups (broad SMARTS) is 1. The van der Waals surface area contributed by atoms with Gasteiger partial charge in [-0.25, -0.2) is 13.6 Å². The van der Waals surface area contributed by atoms with Gasteiger partial charge in [-0.2, -0.15) is 0 Å². The maximum absolute atomic E-state index is 11.2. The van der Waals surface area contributed by atoms with Crippen molar-refractivity contribution >= 4 is 21.7 Å². The smallest absolute Gasteiger partial charge is 0.307 e. The standard InChI is InChI=1S/C8H8N2O6S/c9-17(15,16)7-4-6(10(13)14)2-1-5(7)3-8(11)12/h1-2,4H,3H2,(H,11,12)(H2,9,15,16). The van der Waals surface area contributed by atoms with E-state index in [-0.39, 0.29) is 5.56 Å². The molecule has 17 heavy (non-hydrogen) atoms. The van der Waals surface area contributed by atoms with Gasteiger partial charge in [0.05, 0.1) is 16.2 Å². The number of nitro groups is 1. The first-order chi connectivity index (χ1) is 7.71. The van der Waals surface area contributed by atoms with Crippen LogP contribution < -0.4 is 5.14 Å². The fraction of sp³-hybridized carbons (Fsp3) is 0.125. The average molecular weight is 260 g/mol. The highest BCUT2D eigenvalue weighted by molar-refractivity contribution is 7.89. The van der Waals surface area contributed by atoms with Crippen molar-refractivity contribution in [2.24, 2.45) is 5.14 Å². The molecule has 0 saturated carbocycles. The summed E-state index contributed by atoms with van der Waals surface area (Å²) in [5, 5.41) is 23.9. The molecule has 0 atom stereocenters. The van der Waals surface area contributed by atoms with Crippen molar-refractivity contribution in [3.05, 3.63) is 33.9 Å². The SMILES string of the molecule is NS(=O)(=O)c1cc([N+](=O)[O-])ccc1CC(=O)O. The van der Waals surface area contributed by atoms with E-state index < -0.39 is 37.9 Å². The number of nitrogens with two attached hydrogens (primary N) is 1. The zero-order chi connectivity index (χ0) is 13.2. The first kappa shape index (κ1) is 13.1. The van der Waals surface area contributed by atoms with Crippen LogP contribution in [0.15, 0.2) is 23.1 Å². The molecule has 0 saturated heterocycles. The summed E-state index contributed by atoms with van der Waals surface area (Å²) in [6, 6.07) is 2.83. The Kier molecular flexibility index (Phi) is 3.44. The fourth-order valence-corrected chi connectivity index (χ4v) is 2.02. The number of primary sulfonamides is 1. The second kappa shape index (κ2) is 4.47. The number of sulfonamides is 1. The van der Waals surface area contributed by atoms with E-state index in [0.717, 1.165) is 18.2 Å². The highest BCUT2D eigenvalue weighted by Crippen LogP contribution is 2.21. The van der Waals surface area contributed by atoms with Crippen molar-refractivity contribution in [3.8, 4) is 0 Å². The van der Waals surface area contributed by atoms with E-state index in [1.54, 1.807) is 0 Å². The fourth-order valence-electron chi connectivity index (χ4n) is 1.23. The highest BCUT2D eigenvalue weighted by Gasteiger charge is 2.20. The number of hydrogen-bond acceptors (Lipinski definition) is 5. The lowest BCUT2D eigenvalue weighted by Crippen LogP contribution is -2.16. The van der Waals surface area contributed by atoms with Gasteiger partial charge in [0, 0.05) is 12.1 Å². The molecule has 9 heteroatoms. The summed E-state index contributed by atoms with van der Waals surface area (Å²) in [7, 11) is -4.20. The minimum absolute atomic E-state index is 0.0920. The van der Waals surface area contributed by atoms with Gasteiger partial charge in [0.25, 0.3) is 5.69 Å². The molecule has 1 aromatic rings. The van der Waals surface area contributed by atoms with Crippen LogP contribution >= 0.6 is 0 Å². The van der Waals surface area contributed by atoms with Crippen LogP contribution in [-0.2, 0) is 21.2 Å². The van der Waals surface area contributed by atoms with Gasteiger partial charge in [0.1, 0.15) is 0 Å². The Morgan fingerprint density at radius 1 is 1.47 bits per heavy atom. The molecule has 0 aliphatic rings. The molecule has 1 rings (SSSR count). The number of rotatable bonds is 4. The van der Waals surface area contributed by atoms with Crippen LogP contribution in [-0.4, -0.2) is 24.4 Å². The predicted molar refractivity (Wildman–Crippen MR) is 55.8 cm³/mol. The third-order valence-electron chi connectivity index (χ3n) is 1.91. The van der Waals surface area contributed by atoms with Crippen LogP contribution in [0.3, 0.4) is 0 Å². The van der Waals surface area contributed by atoms with Crippen molar-refractivity contribution < 1.29 is 23.2 Å². The summed E-state index contributed by atoms with van der Waals surface area (Å²) >= 11 is 0. The number of hydrogen-bond donors (Lipinski definition) is 2. The lowest BCUT2D eigenvalue weighted by atomic mass is 10.1. The van der Waals surface area contributed by atoms with E-state index in [9.17, 15) is 23.3 Å². The largest absolute Gasteiger partial charge is 0.481 e. The summed E-state index contributed by atoms with van der Waals surface area (Å²) in [5.41, 5.74) is -0.561. The van der Waals surface area contributed by atoms with E-state index in [0.29, 0.717) is 0 Å². The minimum atomic E-state index is -4.20. The van der Waals surface area contributed by atoms with Crippen LogP contribution in [0.2, 0.25) is 0 Å². The van der Waals surface area contributed by atoms with Gasteiger partial charge < -0.3 is 5.11 Å². The van der Waals surface area contributed by atoms with Crippen molar-refractivity contribution in [3.63, 3.8) is 0 Å². The summed E-state index contributed by atoms with van der Waals surface area (Å²) in [6.45, 7) is 0. The highest BCUT2D eigenvalue weighted by atomic mass is 32.2. The van der Waals surface area contributed by atoms with Crippen molar-refractivity contribution in [2.45, 2.75) is 11.3 Å². The lowest BCUT2D eigenvalue weighted by molar-refractivity contribution is -0.385. The Morgan fingerprint density at radius 3 is 2.47 bits per heavy atom. The summed E-state index contributed by atoms with van der Waals surface area (Å²) in [4.78, 5) is 19.6. The molecule has 0 aromatic heterocycles. The molecule has 0 aliphatic carbocycles. The molecule has 0 aliphatic heterocycles. The number of carbonyl (C=O) groups is 1. The second-order valence-electron chi connectivity index (χ2n) is 3.16. The molecule has 0 fully saturated rings. The van der Waals surface area contributed by atoms with Crippen molar-refractivity contribution in [1.29, 1.82) is 0 Å². The quantitative estimate of drug-likeness (QED) is 0.570. The zero-order valence-electron chi connectivity index (χ0n) is 8.36. The van der Waals surface area contributed by atoms with Gasteiger partial charge in [-0.15, -0.1) is 0 Å². The minimum Gasteiger partial charge on any atom is -0.481 e. The maximum atomic E-state index is 11.2. The number of nitro benzene ring substituents is 1. The Morgan fingerprint density at radius 2 is 2.06 bits per heavy atom. The number of benzene rings is 1. The molecule has 8 nitrogen and oxygen atoms in total. The third kappa shape index (κ3) is 3.23. The van der Waals surface area contributed by atoms with Crippen LogP contribution in [0.5, 0.6) is 0 Å². The third-order valence-corrected chi connectivity index (χ3v) is 2.90. The number of aliphatic carboxylic acids is 1. The average Bonchev–Trinajstić information content (AvgIpc) is 2.15. The first-order valence-corrected chi connectivity index (χ1v) is 5.78. The maximum Gasteiger partial charge on any atom is 0.307 e. The topological polar surface area (TPSA) is 141 Å². The van der Waals surface area contributed by atoms with Gasteiger partial charge in [-0.1, -0.05) is 6.07 Å². The first-order valence-electron chi connectivity index (χ1n) is 4.23. The van der Waals surface area contributed by atoms with Crippen LogP contribution in [0, 0.1) is 10.1 Å². The van der Waals surface area contributed by atoms with E-state index in [4.69, 9.17) is 10.2 Å². The van der Waals surface area contributed by atoms with Crippen LogP contribution in [0.4, 0.5) is 5.69 Å². The normalized spacial score (nSPS) is 11.1. The molecular weight excluding hydrogens is 252 g/mol. The Hall–Kier alpha value is -2.00. The predicted octanol–water partition coefficient (Wildman–Crippen LogP) is -0.131. The molecular formula is C8H8N2O6S. The Balaban J connectivity index is 3.42. The Labute approximate surface area is 95.9 Å². The number of nitrogens with zero attached hydrogens (tertiary/aromatic N) is 1. The van der Waals surface area contributed by atoms with Gasteiger partial charge in [-0.05, 0) is 5.56 Å². The second-order valence-corrected chi connectivity index (χ2v) is 4.69. The van der Waals surface area contributed by atoms with Gasteiger partial charge in [0.15, 0.2) is 0 Å². The van der Waals surface area contributed by atoms with Gasteiger partial charge >= 0.3 is 5.97 Å². The summed E-state index contributed by atoms with van der Waals surface area (Å²) in [6.07, 6.45) is -0.580. The molecule has 0 spiro atoms. The molecule has 1 aromatic carbocycles. The summed E-state index contributed by atoms with van der Waals surface area (Å²) < 4.78 is 22.3. The molecule has 0 bridgehead atoms. The van der Waals surface area contributed by atoms with Crippen LogP contribution in [0.1, 0.15) is 5.56 Å². The van der Waals surface area contributed by atoms with E-state index in [1.807, 2.05) is 0 Å². The zero-order valence-corrected chi connectivity index (χ0v) is 9.18. The van der Waals surface area contributed by atoms with Crippen molar-refractivity contribution in [1.82, 2.24) is 0 Å². The molecule has 0 radical (unpaired) electrons. The summed E-state index contributed by atoms with van der Waals surface area (Å²) in [5.74, 6) is -1.26. The van der Waals surface area contributed by atoms with Gasteiger partial charge in [-0.3, -0.25) is 14.9 Å². The van der Waals surface area contributed by atoms with Gasteiger partial charge in [0.2, 0.25) is 10.0 Å². The molecule has 3 N–H and O–H groups in total. The van der Waals surface area contributed by atoms with E-state index in [1.165, 1.54) is 0 Å². The number of carboxylic acids is 1. The molecule has 0 unspecified atom stereocenters. The molecule has 0 amide bonds. The Bertz CT molecular complexity index is 580. The monoisotopic (exact) mass is 260 g/mol. The number of non-ortho nitro benzene ring substituents is 1. The van der Waals surface area contributed by atoms with Crippen LogP contribution in [0.25, 0.3) is 0 Å². The van der Waals surface area contributed by atoms with E-state index >= 15 is 0 Å². The van der Waals surface area contributed by atoms with E-state index in [2.05, 4.69) is 0 Å². The van der Waals surface area contributed by atoms with Crippen molar-refractivity contribution in [2.75, 3.05) is 0 Å².